The molecule has 0 bridgehead atoms. The largest absolute Gasteiger partial charge is 0.358 e. The van der Waals surface area contributed by atoms with E-state index < -0.39 is 0 Å². The minimum atomic E-state index is -0.00807. The lowest BCUT2D eigenvalue weighted by atomic mass is 10.0. The van der Waals surface area contributed by atoms with Crippen LogP contribution in [0.15, 0.2) is 34.4 Å². The molecule has 5 nitrogen and oxygen atoms in total. The van der Waals surface area contributed by atoms with Gasteiger partial charge in [0.1, 0.15) is 0 Å². The number of amides is 1. The van der Waals surface area contributed by atoms with E-state index in [1.165, 1.54) is 17.3 Å². The molecule has 6 heteroatoms. The summed E-state index contributed by atoms with van der Waals surface area (Å²) in [5.74, 6) is 0.349. The van der Waals surface area contributed by atoms with Gasteiger partial charge in [0.05, 0.1) is 17.5 Å². The Kier molecular flexibility index (Phi) is 3.25. The number of aliphatic imine (C=N–C) groups is 1. The van der Waals surface area contributed by atoms with E-state index >= 15 is 0 Å². The molecular weight excluding hydrogens is 260 g/mol. The van der Waals surface area contributed by atoms with Gasteiger partial charge < -0.3 is 5.32 Å². The second kappa shape index (κ2) is 5.05. The third kappa shape index (κ3) is 2.23. The molecule has 1 N–H and O–H groups in total. The van der Waals surface area contributed by atoms with Crippen LogP contribution in [0.5, 0.6) is 0 Å². The lowest BCUT2D eigenvalue weighted by molar-refractivity contribution is -0.118. The summed E-state index contributed by atoms with van der Waals surface area (Å²) in [6, 6.07) is 8.32. The van der Waals surface area contributed by atoms with Crippen LogP contribution >= 0.6 is 11.8 Å². The maximum absolute atomic E-state index is 11.3. The van der Waals surface area contributed by atoms with Crippen LogP contribution in [-0.4, -0.2) is 35.1 Å². The first-order valence-corrected chi connectivity index (χ1v) is 7.11. The molecule has 1 aromatic rings. The van der Waals surface area contributed by atoms with Crippen molar-refractivity contribution in [1.29, 1.82) is 0 Å². The Morgan fingerprint density at radius 3 is 3.21 bits per heavy atom. The molecular formula is C13H14N4OS. The summed E-state index contributed by atoms with van der Waals surface area (Å²) in [6.45, 7) is 0. The van der Waals surface area contributed by atoms with Crippen LogP contribution in [0.3, 0.4) is 0 Å². The molecule has 1 amide bonds. The summed E-state index contributed by atoms with van der Waals surface area (Å²) in [5, 5.41) is 9.68. The van der Waals surface area contributed by atoms with Crippen molar-refractivity contribution in [2.75, 3.05) is 12.8 Å². The van der Waals surface area contributed by atoms with E-state index in [4.69, 9.17) is 0 Å². The highest BCUT2D eigenvalue weighted by Crippen LogP contribution is 2.40. The summed E-state index contributed by atoms with van der Waals surface area (Å²) in [6.07, 6.45) is 2.79. The molecule has 1 atom stereocenters. The lowest BCUT2D eigenvalue weighted by Gasteiger charge is -2.29. The number of carbonyl (C=O) groups excluding carboxylic acids is 1. The van der Waals surface area contributed by atoms with Crippen molar-refractivity contribution in [3.63, 3.8) is 0 Å². The summed E-state index contributed by atoms with van der Waals surface area (Å²) < 4.78 is 0. The van der Waals surface area contributed by atoms with E-state index in [0.29, 0.717) is 5.75 Å². The predicted molar refractivity (Wildman–Crippen MR) is 77.8 cm³/mol. The fourth-order valence-corrected chi connectivity index (χ4v) is 3.06. The number of para-hydroxylation sites is 1. The van der Waals surface area contributed by atoms with Gasteiger partial charge in [0, 0.05) is 25.2 Å². The Morgan fingerprint density at radius 1 is 1.53 bits per heavy atom. The van der Waals surface area contributed by atoms with E-state index in [9.17, 15) is 4.79 Å². The molecule has 19 heavy (non-hydrogen) atoms. The van der Waals surface area contributed by atoms with Crippen molar-refractivity contribution in [3.05, 3.63) is 29.8 Å². The van der Waals surface area contributed by atoms with Crippen LogP contribution in [0.2, 0.25) is 0 Å². The first-order valence-electron chi connectivity index (χ1n) is 6.12. The highest BCUT2D eigenvalue weighted by atomic mass is 32.2. The van der Waals surface area contributed by atoms with Gasteiger partial charge in [-0.2, -0.15) is 5.10 Å². The number of carbonyl (C=O) groups is 1. The highest BCUT2D eigenvalue weighted by molar-refractivity contribution is 8.14. The maximum atomic E-state index is 11.3. The molecule has 0 spiro atoms. The Morgan fingerprint density at radius 2 is 2.37 bits per heavy atom. The SMILES string of the molecule is CNC(=O)CSC1=Nc2ccccc2C2CC=NN12. The van der Waals surface area contributed by atoms with E-state index in [1.807, 2.05) is 29.4 Å². The van der Waals surface area contributed by atoms with E-state index in [2.05, 4.69) is 21.5 Å². The molecule has 0 aromatic heterocycles. The number of hydrogen-bond acceptors (Lipinski definition) is 5. The molecule has 0 fully saturated rings. The van der Waals surface area contributed by atoms with Crippen LogP contribution in [0.1, 0.15) is 18.0 Å². The van der Waals surface area contributed by atoms with Crippen molar-refractivity contribution in [3.8, 4) is 0 Å². The van der Waals surface area contributed by atoms with Gasteiger partial charge in [-0.1, -0.05) is 30.0 Å². The number of fused-ring (bicyclic) bond motifs is 3. The van der Waals surface area contributed by atoms with Crippen LogP contribution in [0.4, 0.5) is 5.69 Å². The normalized spacial score (nSPS) is 19.7. The Labute approximate surface area is 115 Å². The first-order chi connectivity index (χ1) is 9.29. The number of amidine groups is 1. The van der Waals surface area contributed by atoms with Crippen LogP contribution in [0, 0.1) is 0 Å². The molecule has 0 saturated carbocycles. The molecule has 2 aliphatic heterocycles. The fourth-order valence-electron chi connectivity index (χ4n) is 2.18. The molecule has 1 aromatic carbocycles. The van der Waals surface area contributed by atoms with Crippen molar-refractivity contribution < 1.29 is 4.79 Å². The van der Waals surface area contributed by atoms with E-state index in [0.717, 1.165) is 17.3 Å². The zero-order valence-corrected chi connectivity index (χ0v) is 11.4. The lowest BCUT2D eigenvalue weighted by Crippen LogP contribution is -2.29. The first kappa shape index (κ1) is 12.2. The monoisotopic (exact) mass is 274 g/mol. The maximum Gasteiger partial charge on any atom is 0.230 e. The minimum absolute atomic E-state index is 0.00807. The second-order valence-corrected chi connectivity index (χ2v) is 5.25. The third-order valence-electron chi connectivity index (χ3n) is 3.15. The number of nitrogens with zero attached hydrogens (tertiary/aromatic N) is 3. The average molecular weight is 274 g/mol. The number of rotatable bonds is 2. The van der Waals surface area contributed by atoms with Crippen molar-refractivity contribution in [1.82, 2.24) is 10.3 Å². The quantitative estimate of drug-likeness (QED) is 0.896. The van der Waals surface area contributed by atoms with Gasteiger partial charge in [0.25, 0.3) is 0 Å². The van der Waals surface area contributed by atoms with Crippen molar-refractivity contribution in [2.24, 2.45) is 10.1 Å². The van der Waals surface area contributed by atoms with Crippen molar-refractivity contribution in [2.45, 2.75) is 12.5 Å². The summed E-state index contributed by atoms with van der Waals surface area (Å²) in [5.41, 5.74) is 2.18. The molecule has 0 aliphatic carbocycles. The predicted octanol–water partition coefficient (Wildman–Crippen LogP) is 1.90. The standard InChI is InChI=1S/C13H14N4OS/c1-14-12(18)8-19-13-16-10-5-3-2-4-9(10)11-6-7-15-17(11)13/h2-5,7,11H,6,8H2,1H3,(H,14,18). The average Bonchev–Trinajstić information content (AvgIpc) is 2.94. The molecule has 1 unspecified atom stereocenters. The van der Waals surface area contributed by atoms with Crippen LogP contribution in [-0.2, 0) is 4.79 Å². The molecule has 98 valence electrons. The Balaban J connectivity index is 1.88. The van der Waals surface area contributed by atoms with Gasteiger partial charge >= 0.3 is 0 Å². The van der Waals surface area contributed by atoms with Gasteiger partial charge in [-0.05, 0) is 6.07 Å². The topological polar surface area (TPSA) is 57.1 Å². The minimum Gasteiger partial charge on any atom is -0.358 e. The third-order valence-corrected chi connectivity index (χ3v) is 4.09. The number of nitrogens with one attached hydrogen (secondary N) is 1. The van der Waals surface area contributed by atoms with E-state index in [1.54, 1.807) is 7.05 Å². The van der Waals surface area contributed by atoms with Gasteiger partial charge in [-0.3, -0.25) is 4.79 Å². The molecule has 3 rings (SSSR count). The second-order valence-electron chi connectivity index (χ2n) is 4.31. The number of thioether (sulfide) groups is 1. The zero-order chi connectivity index (χ0) is 13.2. The van der Waals surface area contributed by atoms with E-state index in [-0.39, 0.29) is 11.9 Å². The van der Waals surface area contributed by atoms with Crippen LogP contribution in [0.25, 0.3) is 0 Å². The fraction of sp³-hybridized carbons (Fsp3) is 0.308. The molecule has 2 heterocycles. The smallest absolute Gasteiger partial charge is 0.230 e. The summed E-state index contributed by atoms with van der Waals surface area (Å²) in [4.78, 5) is 16.0. The summed E-state index contributed by atoms with van der Waals surface area (Å²) in [7, 11) is 1.64. The number of benzene rings is 1. The Bertz CT molecular complexity index is 570. The van der Waals surface area contributed by atoms with Gasteiger partial charge in [0.15, 0.2) is 5.17 Å². The highest BCUT2D eigenvalue weighted by Gasteiger charge is 2.32. The molecule has 2 aliphatic rings. The number of hydrazone groups is 1. The zero-order valence-electron chi connectivity index (χ0n) is 10.5. The summed E-state index contributed by atoms with van der Waals surface area (Å²) >= 11 is 1.42. The van der Waals surface area contributed by atoms with Crippen LogP contribution < -0.4 is 5.32 Å². The Hall–Kier alpha value is -1.82. The molecule has 0 radical (unpaired) electrons. The number of hydrogen-bond donors (Lipinski definition) is 1. The van der Waals surface area contributed by atoms with Crippen molar-refractivity contribution >= 4 is 34.7 Å². The van der Waals surface area contributed by atoms with Gasteiger partial charge in [0.2, 0.25) is 5.91 Å². The van der Waals surface area contributed by atoms with Gasteiger partial charge in [-0.15, -0.1) is 0 Å². The van der Waals surface area contributed by atoms with Gasteiger partial charge in [-0.25, -0.2) is 10.0 Å². The molecule has 0 saturated heterocycles.